The molecule has 1 aliphatic carbocycles. The van der Waals surface area contributed by atoms with E-state index in [4.69, 9.17) is 9.84 Å². The summed E-state index contributed by atoms with van der Waals surface area (Å²) in [6.45, 7) is 5.20. The van der Waals surface area contributed by atoms with Crippen molar-refractivity contribution in [3.8, 4) is 11.1 Å². The van der Waals surface area contributed by atoms with Crippen LogP contribution in [-0.4, -0.2) is 65.4 Å². The van der Waals surface area contributed by atoms with Crippen molar-refractivity contribution in [2.24, 2.45) is 5.41 Å². The fourth-order valence-corrected chi connectivity index (χ4v) is 4.64. The molecule has 35 heavy (non-hydrogen) atoms. The number of amides is 2. The van der Waals surface area contributed by atoms with Crippen molar-refractivity contribution < 1.29 is 29.3 Å². The van der Waals surface area contributed by atoms with Gasteiger partial charge in [0.25, 0.3) is 0 Å². The zero-order chi connectivity index (χ0) is 25.6. The third-order valence-corrected chi connectivity index (χ3v) is 5.99. The summed E-state index contributed by atoms with van der Waals surface area (Å²) in [4.78, 5) is 37.7. The highest BCUT2D eigenvalue weighted by molar-refractivity contribution is 5.82. The van der Waals surface area contributed by atoms with Crippen LogP contribution >= 0.6 is 0 Å². The van der Waals surface area contributed by atoms with E-state index in [1.807, 2.05) is 57.2 Å². The van der Waals surface area contributed by atoms with Gasteiger partial charge < -0.3 is 25.2 Å². The molecule has 2 aromatic rings. The van der Waals surface area contributed by atoms with Gasteiger partial charge >= 0.3 is 12.1 Å². The molecule has 0 heterocycles. The van der Waals surface area contributed by atoms with Crippen molar-refractivity contribution in [1.82, 2.24) is 10.2 Å². The summed E-state index contributed by atoms with van der Waals surface area (Å²) in [6.07, 6.45) is -0.224. The number of nitrogens with zero attached hydrogens (tertiary/aromatic N) is 1. The molecular formula is C27H34N2O6. The largest absolute Gasteiger partial charge is 0.480 e. The molecule has 1 atom stereocenters. The van der Waals surface area contributed by atoms with Gasteiger partial charge in [-0.1, -0.05) is 69.3 Å². The Balaban J connectivity index is 1.67. The summed E-state index contributed by atoms with van der Waals surface area (Å²) in [5, 5.41) is 21.1. The lowest BCUT2D eigenvalue weighted by molar-refractivity contribution is -0.145. The number of carboxylic acid groups (broad SMARTS) is 1. The van der Waals surface area contributed by atoms with E-state index >= 15 is 0 Å². The number of hydrogen-bond donors (Lipinski definition) is 3. The number of fused-ring (bicyclic) bond motifs is 3. The van der Waals surface area contributed by atoms with Gasteiger partial charge in [0.15, 0.2) is 0 Å². The molecule has 8 nitrogen and oxygen atoms in total. The Bertz CT molecular complexity index is 1020. The van der Waals surface area contributed by atoms with Crippen molar-refractivity contribution in [1.29, 1.82) is 0 Å². The summed E-state index contributed by atoms with van der Waals surface area (Å²) >= 11 is 0. The summed E-state index contributed by atoms with van der Waals surface area (Å²) in [5.74, 6) is -1.69. The number of aliphatic carboxylic acids is 1. The van der Waals surface area contributed by atoms with Gasteiger partial charge in [-0.2, -0.15) is 0 Å². The first-order valence-corrected chi connectivity index (χ1v) is 11.8. The van der Waals surface area contributed by atoms with Gasteiger partial charge in [-0.05, 0) is 34.1 Å². The van der Waals surface area contributed by atoms with Crippen molar-refractivity contribution in [3.05, 3.63) is 59.7 Å². The molecule has 2 amide bonds. The second kappa shape index (κ2) is 11.4. The molecule has 3 rings (SSSR count). The lowest BCUT2D eigenvalue weighted by Gasteiger charge is -2.28. The molecule has 1 unspecified atom stereocenters. The quantitative estimate of drug-likeness (QED) is 0.476. The maximum atomic E-state index is 12.8. The number of alkyl carbamates (subject to hydrolysis) is 1. The number of carboxylic acids is 1. The summed E-state index contributed by atoms with van der Waals surface area (Å²) in [5.41, 5.74) is 4.29. The van der Waals surface area contributed by atoms with Gasteiger partial charge in [0.2, 0.25) is 5.91 Å². The number of aliphatic hydroxyl groups excluding tert-OH is 1. The van der Waals surface area contributed by atoms with Gasteiger partial charge in [-0.15, -0.1) is 0 Å². The van der Waals surface area contributed by atoms with E-state index in [2.05, 4.69) is 17.4 Å². The summed E-state index contributed by atoms with van der Waals surface area (Å²) in [6, 6.07) is 15.6. The number of ether oxygens (including phenoxy) is 1. The minimum absolute atomic E-state index is 0.0774. The average molecular weight is 483 g/mol. The number of nitrogens with one attached hydrogen (secondary N) is 1. The van der Waals surface area contributed by atoms with E-state index in [0.717, 1.165) is 27.2 Å². The van der Waals surface area contributed by atoms with Gasteiger partial charge in [-0.25, -0.2) is 4.79 Å². The minimum Gasteiger partial charge on any atom is -0.480 e. The van der Waals surface area contributed by atoms with Gasteiger partial charge in [0.05, 0.1) is 6.61 Å². The second-order valence-corrected chi connectivity index (χ2v) is 10.1. The lowest BCUT2D eigenvalue weighted by atomic mass is 9.87. The van der Waals surface area contributed by atoms with Crippen LogP contribution in [-0.2, 0) is 14.3 Å². The normalized spacial score (nSPS) is 13.5. The molecule has 1 aliphatic rings. The van der Waals surface area contributed by atoms with E-state index in [1.165, 1.54) is 0 Å². The fourth-order valence-electron chi connectivity index (χ4n) is 4.64. The molecule has 0 bridgehead atoms. The number of aliphatic hydroxyl groups is 1. The van der Waals surface area contributed by atoms with E-state index in [0.29, 0.717) is 6.42 Å². The van der Waals surface area contributed by atoms with E-state index in [1.54, 1.807) is 0 Å². The molecule has 2 aromatic carbocycles. The van der Waals surface area contributed by atoms with Gasteiger partial charge in [-0.3, -0.25) is 9.59 Å². The van der Waals surface area contributed by atoms with Crippen LogP contribution in [0.15, 0.2) is 48.5 Å². The van der Waals surface area contributed by atoms with Crippen molar-refractivity contribution in [2.75, 3.05) is 26.3 Å². The number of rotatable bonds is 10. The first-order chi connectivity index (χ1) is 16.6. The van der Waals surface area contributed by atoms with Crippen LogP contribution < -0.4 is 5.32 Å². The molecule has 0 saturated heterocycles. The Labute approximate surface area is 205 Å². The summed E-state index contributed by atoms with van der Waals surface area (Å²) < 4.78 is 5.63. The minimum atomic E-state index is -1.16. The molecule has 8 heteroatoms. The highest BCUT2D eigenvalue weighted by atomic mass is 16.5. The Kier molecular flexibility index (Phi) is 8.51. The molecule has 0 spiro atoms. The van der Waals surface area contributed by atoms with E-state index in [-0.39, 0.29) is 37.5 Å². The summed E-state index contributed by atoms with van der Waals surface area (Å²) in [7, 11) is 0. The highest BCUT2D eigenvalue weighted by Crippen LogP contribution is 2.44. The van der Waals surface area contributed by atoms with Crippen LogP contribution in [0.5, 0.6) is 0 Å². The maximum absolute atomic E-state index is 12.8. The number of carbonyl (C=O) groups excluding carboxylic acids is 2. The van der Waals surface area contributed by atoms with Crippen molar-refractivity contribution in [3.63, 3.8) is 0 Å². The van der Waals surface area contributed by atoms with E-state index < -0.39 is 30.6 Å². The lowest BCUT2D eigenvalue weighted by Crippen LogP contribution is -2.44. The molecule has 0 aromatic heterocycles. The molecule has 0 aliphatic heterocycles. The first-order valence-electron chi connectivity index (χ1n) is 11.8. The molecule has 0 radical (unpaired) electrons. The molecule has 0 saturated carbocycles. The second-order valence-electron chi connectivity index (χ2n) is 10.1. The Hall–Kier alpha value is -3.39. The Morgan fingerprint density at radius 2 is 1.60 bits per heavy atom. The highest BCUT2D eigenvalue weighted by Gasteiger charge is 2.30. The number of hydrogen-bond acceptors (Lipinski definition) is 5. The molecule has 3 N–H and O–H groups in total. The Morgan fingerprint density at radius 3 is 2.11 bits per heavy atom. The predicted octanol–water partition coefficient (Wildman–Crippen LogP) is 3.63. The van der Waals surface area contributed by atoms with Crippen LogP contribution in [0.2, 0.25) is 0 Å². The van der Waals surface area contributed by atoms with Crippen LogP contribution in [0.1, 0.15) is 50.7 Å². The van der Waals surface area contributed by atoms with Gasteiger partial charge in [0.1, 0.15) is 13.2 Å². The molecular weight excluding hydrogens is 448 g/mol. The zero-order valence-corrected chi connectivity index (χ0v) is 20.5. The van der Waals surface area contributed by atoms with Crippen molar-refractivity contribution in [2.45, 2.75) is 45.6 Å². The third-order valence-electron chi connectivity index (χ3n) is 5.99. The zero-order valence-electron chi connectivity index (χ0n) is 20.5. The smallest absolute Gasteiger partial charge is 0.407 e. The number of carbonyl (C=O) groups is 3. The monoisotopic (exact) mass is 482 g/mol. The van der Waals surface area contributed by atoms with Crippen LogP contribution in [0.4, 0.5) is 4.79 Å². The van der Waals surface area contributed by atoms with Crippen LogP contribution in [0.25, 0.3) is 11.1 Å². The SMILES string of the molecule is CC(C)(C)CC(CC(=O)N(CCO)CC(=O)O)NC(=O)OCC1c2ccccc2-c2ccccc21. The van der Waals surface area contributed by atoms with E-state index in [9.17, 15) is 19.5 Å². The van der Waals surface area contributed by atoms with Gasteiger partial charge in [0, 0.05) is 24.9 Å². The van der Waals surface area contributed by atoms with Crippen LogP contribution in [0.3, 0.4) is 0 Å². The Morgan fingerprint density at radius 1 is 1.03 bits per heavy atom. The average Bonchev–Trinajstić information content (AvgIpc) is 3.09. The predicted molar refractivity (Wildman–Crippen MR) is 132 cm³/mol. The molecule has 188 valence electrons. The molecule has 0 fully saturated rings. The topological polar surface area (TPSA) is 116 Å². The standard InChI is InChI=1S/C27H34N2O6/c1-27(2,3)15-18(14-24(31)29(12-13-30)16-25(32)33)28-26(34)35-17-23-21-10-6-4-8-19(21)20-9-5-7-11-22(20)23/h4-11,18,23,30H,12-17H2,1-3H3,(H,28,34)(H,32,33). The third kappa shape index (κ3) is 7.05. The first kappa shape index (κ1) is 26.2. The number of benzene rings is 2. The maximum Gasteiger partial charge on any atom is 0.407 e. The fraction of sp³-hybridized carbons (Fsp3) is 0.444. The van der Waals surface area contributed by atoms with Crippen molar-refractivity contribution >= 4 is 18.0 Å². The van der Waals surface area contributed by atoms with Crippen LogP contribution in [0, 0.1) is 5.41 Å².